The van der Waals surface area contributed by atoms with Gasteiger partial charge in [-0.25, -0.2) is 9.37 Å². The van der Waals surface area contributed by atoms with Gasteiger partial charge < -0.3 is 15.1 Å². The molecule has 0 saturated carbocycles. The lowest BCUT2D eigenvalue weighted by molar-refractivity contribution is 0.0771. The number of carbonyl (C=O) groups is 2. The fourth-order valence-corrected chi connectivity index (χ4v) is 5.42. The van der Waals surface area contributed by atoms with Crippen molar-refractivity contribution >= 4 is 56.2 Å². The summed E-state index contributed by atoms with van der Waals surface area (Å²) >= 11 is 8.81. The van der Waals surface area contributed by atoms with E-state index in [1.165, 1.54) is 23.5 Å². The molecule has 4 rings (SSSR count). The second-order valence-electron chi connectivity index (χ2n) is 7.15. The number of nitrogens with zero attached hydrogens (tertiary/aromatic N) is 3. The summed E-state index contributed by atoms with van der Waals surface area (Å²) in [6.45, 7) is 4.73. The van der Waals surface area contributed by atoms with Crippen molar-refractivity contribution in [3.05, 3.63) is 62.7 Å². The van der Waals surface area contributed by atoms with Gasteiger partial charge in [0.1, 0.15) is 5.82 Å². The van der Waals surface area contributed by atoms with Gasteiger partial charge >= 0.3 is 0 Å². The number of thiazole rings is 1. The third-order valence-corrected chi connectivity index (χ3v) is 7.28. The average molecular weight is 479 g/mol. The zero-order chi connectivity index (χ0) is 22.0. The van der Waals surface area contributed by atoms with Gasteiger partial charge in [0.05, 0.1) is 20.5 Å². The van der Waals surface area contributed by atoms with Crippen LogP contribution in [0.2, 0.25) is 5.02 Å². The fourth-order valence-electron chi connectivity index (χ4n) is 3.44. The average Bonchev–Trinajstić information content (AvgIpc) is 3.31. The largest absolute Gasteiger partial charge is 0.346 e. The van der Waals surface area contributed by atoms with Gasteiger partial charge in [-0.3, -0.25) is 9.59 Å². The Morgan fingerprint density at radius 2 is 2.03 bits per heavy atom. The van der Waals surface area contributed by atoms with E-state index in [4.69, 9.17) is 11.6 Å². The molecule has 0 spiro atoms. The van der Waals surface area contributed by atoms with Crippen LogP contribution in [0.4, 0.5) is 14.5 Å². The predicted molar refractivity (Wildman–Crippen MR) is 123 cm³/mol. The molecular formula is C21H20ClFN4O2S2. The van der Waals surface area contributed by atoms with Gasteiger partial charge in [0.15, 0.2) is 5.13 Å². The zero-order valence-corrected chi connectivity index (χ0v) is 19.1. The van der Waals surface area contributed by atoms with Crippen molar-refractivity contribution in [2.45, 2.75) is 13.3 Å². The number of benzene rings is 1. The molecule has 2 amide bonds. The van der Waals surface area contributed by atoms with Crippen molar-refractivity contribution in [2.75, 3.05) is 36.4 Å². The van der Waals surface area contributed by atoms with Crippen LogP contribution in [0, 0.1) is 12.7 Å². The van der Waals surface area contributed by atoms with Crippen molar-refractivity contribution in [3.8, 4) is 0 Å². The third kappa shape index (κ3) is 4.89. The summed E-state index contributed by atoms with van der Waals surface area (Å²) in [5.41, 5.74) is 0.980. The molecular weight excluding hydrogens is 459 g/mol. The van der Waals surface area contributed by atoms with E-state index in [0.717, 1.165) is 36.3 Å². The van der Waals surface area contributed by atoms with E-state index in [1.807, 2.05) is 17.2 Å². The lowest BCUT2D eigenvalue weighted by Crippen LogP contribution is -2.35. The highest BCUT2D eigenvalue weighted by molar-refractivity contribution is 7.18. The summed E-state index contributed by atoms with van der Waals surface area (Å²) in [6.07, 6.45) is 2.65. The normalized spacial score (nSPS) is 14.4. The number of rotatable bonds is 4. The van der Waals surface area contributed by atoms with Gasteiger partial charge in [-0.2, -0.15) is 0 Å². The Morgan fingerprint density at radius 3 is 2.77 bits per heavy atom. The predicted octanol–water partition coefficient (Wildman–Crippen LogP) is 4.91. The van der Waals surface area contributed by atoms with Crippen LogP contribution < -0.4 is 10.2 Å². The van der Waals surface area contributed by atoms with Crippen LogP contribution in [-0.2, 0) is 0 Å². The molecule has 1 aromatic carbocycles. The molecule has 10 heteroatoms. The Labute approximate surface area is 192 Å². The highest BCUT2D eigenvalue weighted by Crippen LogP contribution is 2.30. The highest BCUT2D eigenvalue weighted by Gasteiger charge is 2.24. The van der Waals surface area contributed by atoms with Crippen LogP contribution in [0.3, 0.4) is 0 Å². The molecule has 1 aliphatic heterocycles. The first-order valence-electron chi connectivity index (χ1n) is 9.73. The van der Waals surface area contributed by atoms with Gasteiger partial charge in [-0.15, -0.1) is 22.7 Å². The van der Waals surface area contributed by atoms with Crippen LogP contribution in [0.25, 0.3) is 0 Å². The third-order valence-electron chi connectivity index (χ3n) is 5.00. The van der Waals surface area contributed by atoms with Crippen molar-refractivity contribution in [3.63, 3.8) is 0 Å². The SMILES string of the molecule is Cc1cc(NC(=O)c2ccc(F)cc2Cl)sc1C(=O)N1CCCN(c2nccs2)CC1. The van der Waals surface area contributed by atoms with E-state index in [9.17, 15) is 14.0 Å². The first-order valence-corrected chi connectivity index (χ1v) is 11.8. The van der Waals surface area contributed by atoms with E-state index >= 15 is 0 Å². The van der Waals surface area contributed by atoms with E-state index in [-0.39, 0.29) is 16.5 Å². The van der Waals surface area contributed by atoms with E-state index < -0.39 is 11.7 Å². The van der Waals surface area contributed by atoms with Gasteiger partial charge in [-0.05, 0) is 43.2 Å². The van der Waals surface area contributed by atoms with Crippen LogP contribution in [-0.4, -0.2) is 47.9 Å². The molecule has 0 bridgehead atoms. The van der Waals surface area contributed by atoms with Crippen LogP contribution in [0.1, 0.15) is 32.0 Å². The van der Waals surface area contributed by atoms with Crippen LogP contribution >= 0.6 is 34.3 Å². The molecule has 0 unspecified atom stereocenters. The Kier molecular flexibility index (Phi) is 6.54. The molecule has 0 radical (unpaired) electrons. The lowest BCUT2D eigenvalue weighted by Gasteiger charge is -2.21. The van der Waals surface area contributed by atoms with Gasteiger partial charge in [0.2, 0.25) is 0 Å². The van der Waals surface area contributed by atoms with Crippen LogP contribution in [0.5, 0.6) is 0 Å². The van der Waals surface area contributed by atoms with Crippen molar-refractivity contribution < 1.29 is 14.0 Å². The summed E-state index contributed by atoms with van der Waals surface area (Å²) in [5, 5.41) is 6.28. The minimum absolute atomic E-state index is 0.0381. The van der Waals surface area contributed by atoms with Gasteiger partial charge in [0.25, 0.3) is 11.8 Å². The first kappa shape index (κ1) is 21.7. The summed E-state index contributed by atoms with van der Waals surface area (Å²) in [5.74, 6) is -0.991. The smallest absolute Gasteiger partial charge is 0.264 e. The lowest BCUT2D eigenvalue weighted by atomic mass is 10.2. The maximum absolute atomic E-state index is 13.2. The molecule has 3 aromatic rings. The highest BCUT2D eigenvalue weighted by atomic mass is 35.5. The summed E-state index contributed by atoms with van der Waals surface area (Å²) in [4.78, 5) is 34.7. The molecule has 6 nitrogen and oxygen atoms in total. The van der Waals surface area contributed by atoms with Crippen molar-refractivity contribution in [2.24, 2.45) is 0 Å². The second kappa shape index (κ2) is 9.33. The van der Waals surface area contributed by atoms with Crippen molar-refractivity contribution in [1.29, 1.82) is 0 Å². The number of carbonyl (C=O) groups excluding carboxylic acids is 2. The Hall–Kier alpha value is -2.49. The van der Waals surface area contributed by atoms with Crippen molar-refractivity contribution in [1.82, 2.24) is 9.88 Å². The molecule has 0 aliphatic carbocycles. The first-order chi connectivity index (χ1) is 14.9. The van der Waals surface area contributed by atoms with E-state index in [2.05, 4.69) is 15.2 Å². The number of aryl methyl sites for hydroxylation is 1. The Morgan fingerprint density at radius 1 is 1.19 bits per heavy atom. The Bertz CT molecular complexity index is 1100. The van der Waals surface area contributed by atoms with Gasteiger partial charge in [0, 0.05) is 37.8 Å². The quantitative estimate of drug-likeness (QED) is 0.578. The number of aromatic nitrogens is 1. The number of thiophene rings is 1. The topological polar surface area (TPSA) is 65.5 Å². The molecule has 0 atom stereocenters. The number of amides is 2. The molecule has 162 valence electrons. The summed E-state index contributed by atoms with van der Waals surface area (Å²) in [6, 6.07) is 5.39. The number of halogens is 2. The standard InChI is InChI=1S/C21H20ClFN4O2S2/c1-13-11-17(25-19(28)15-4-3-14(23)12-16(15)22)31-18(13)20(29)26-6-2-7-27(9-8-26)21-24-5-10-30-21/h3-5,10-12H,2,6-9H2,1H3,(H,25,28). The Balaban J connectivity index is 1.44. The van der Waals surface area contributed by atoms with Gasteiger partial charge in [-0.1, -0.05) is 11.6 Å². The molecule has 3 heterocycles. The van der Waals surface area contributed by atoms with E-state index in [1.54, 1.807) is 23.6 Å². The molecule has 1 saturated heterocycles. The maximum atomic E-state index is 13.2. The number of anilines is 2. The monoisotopic (exact) mass is 478 g/mol. The minimum atomic E-state index is -0.507. The second-order valence-corrected chi connectivity index (χ2v) is 9.48. The zero-order valence-electron chi connectivity index (χ0n) is 16.7. The summed E-state index contributed by atoms with van der Waals surface area (Å²) < 4.78 is 13.2. The number of nitrogens with one attached hydrogen (secondary N) is 1. The summed E-state index contributed by atoms with van der Waals surface area (Å²) in [7, 11) is 0. The number of hydrogen-bond acceptors (Lipinski definition) is 6. The van der Waals surface area contributed by atoms with Crippen LogP contribution in [0.15, 0.2) is 35.8 Å². The molecule has 2 aromatic heterocycles. The molecule has 1 fully saturated rings. The molecule has 1 N–H and O–H groups in total. The number of hydrogen-bond donors (Lipinski definition) is 1. The minimum Gasteiger partial charge on any atom is -0.346 e. The molecule has 1 aliphatic rings. The maximum Gasteiger partial charge on any atom is 0.264 e. The van der Waals surface area contributed by atoms with E-state index in [0.29, 0.717) is 23.0 Å². The molecule has 31 heavy (non-hydrogen) atoms. The fraction of sp³-hybridized carbons (Fsp3) is 0.286.